The normalized spacial score (nSPS) is 25.9. The average Bonchev–Trinajstić information content (AvgIpc) is 2.35. The van der Waals surface area contributed by atoms with Crippen molar-refractivity contribution in [2.45, 2.75) is 38.8 Å². The van der Waals surface area contributed by atoms with E-state index >= 15 is 0 Å². The van der Waals surface area contributed by atoms with Crippen molar-refractivity contribution in [1.82, 2.24) is 10.6 Å². The maximum atomic E-state index is 3.78. The third-order valence-electron chi connectivity index (χ3n) is 3.74. The van der Waals surface area contributed by atoms with Crippen LogP contribution in [0.5, 0.6) is 0 Å². The van der Waals surface area contributed by atoms with Crippen LogP contribution in [-0.2, 0) is 6.42 Å². The van der Waals surface area contributed by atoms with Crippen LogP contribution in [0.2, 0.25) is 0 Å². The van der Waals surface area contributed by atoms with Crippen molar-refractivity contribution < 1.29 is 0 Å². The highest BCUT2D eigenvalue weighted by molar-refractivity contribution is 9.10. The molecule has 1 fully saturated rings. The minimum absolute atomic E-state index is 0.539. The zero-order chi connectivity index (χ0) is 13.0. The van der Waals surface area contributed by atoms with Crippen LogP contribution in [0.15, 0.2) is 28.7 Å². The summed E-state index contributed by atoms with van der Waals surface area (Å²) in [5.74, 6) is 0.728. The maximum absolute atomic E-state index is 3.78. The molecule has 3 atom stereocenters. The Kier molecular flexibility index (Phi) is 5.22. The van der Waals surface area contributed by atoms with Crippen LogP contribution in [0.3, 0.4) is 0 Å². The van der Waals surface area contributed by atoms with Crippen molar-refractivity contribution in [2.75, 3.05) is 13.1 Å². The van der Waals surface area contributed by atoms with Gasteiger partial charge in [-0.3, -0.25) is 0 Å². The van der Waals surface area contributed by atoms with Gasteiger partial charge in [0.05, 0.1) is 0 Å². The van der Waals surface area contributed by atoms with Gasteiger partial charge < -0.3 is 10.6 Å². The molecule has 0 radical (unpaired) electrons. The average molecular weight is 311 g/mol. The molecule has 0 bridgehead atoms. The van der Waals surface area contributed by atoms with Gasteiger partial charge in [-0.2, -0.15) is 0 Å². The summed E-state index contributed by atoms with van der Waals surface area (Å²) in [6.45, 7) is 6.91. The number of benzene rings is 1. The second kappa shape index (κ2) is 6.69. The van der Waals surface area contributed by atoms with Gasteiger partial charge in [-0.1, -0.05) is 35.0 Å². The predicted octanol–water partition coefficient (Wildman–Crippen LogP) is 2.97. The van der Waals surface area contributed by atoms with Crippen LogP contribution >= 0.6 is 15.9 Å². The van der Waals surface area contributed by atoms with Gasteiger partial charge in [0.25, 0.3) is 0 Å². The van der Waals surface area contributed by atoms with Gasteiger partial charge in [0.15, 0.2) is 0 Å². The lowest BCUT2D eigenvalue weighted by Gasteiger charge is -2.32. The van der Waals surface area contributed by atoms with E-state index in [9.17, 15) is 0 Å². The maximum Gasteiger partial charge on any atom is 0.0175 e. The molecule has 2 nitrogen and oxygen atoms in total. The van der Waals surface area contributed by atoms with E-state index in [0.717, 1.165) is 29.9 Å². The van der Waals surface area contributed by atoms with Gasteiger partial charge in [0.2, 0.25) is 0 Å². The number of nitrogens with one attached hydrogen (secondary N) is 2. The molecule has 1 aromatic rings. The second-order valence-electron chi connectivity index (χ2n) is 5.47. The highest BCUT2D eigenvalue weighted by Gasteiger charge is 2.22. The highest BCUT2D eigenvalue weighted by atomic mass is 79.9. The molecule has 1 heterocycles. The Morgan fingerprint density at radius 1 is 1.39 bits per heavy atom. The second-order valence-corrected chi connectivity index (χ2v) is 6.39. The summed E-state index contributed by atoms with van der Waals surface area (Å²) >= 11 is 3.48. The summed E-state index contributed by atoms with van der Waals surface area (Å²) in [7, 11) is 0. The molecule has 0 saturated carbocycles. The van der Waals surface area contributed by atoms with Crippen LogP contribution < -0.4 is 10.6 Å². The van der Waals surface area contributed by atoms with E-state index < -0.39 is 0 Å². The van der Waals surface area contributed by atoms with Crippen molar-refractivity contribution in [3.05, 3.63) is 34.3 Å². The van der Waals surface area contributed by atoms with Crippen molar-refractivity contribution in [3.8, 4) is 0 Å². The Bertz CT molecular complexity index is 363. The highest BCUT2D eigenvalue weighted by Crippen LogP contribution is 2.14. The van der Waals surface area contributed by atoms with Crippen molar-refractivity contribution >= 4 is 15.9 Å². The summed E-state index contributed by atoms with van der Waals surface area (Å²) in [6.07, 6.45) is 2.34. The van der Waals surface area contributed by atoms with Gasteiger partial charge in [-0.25, -0.2) is 0 Å². The van der Waals surface area contributed by atoms with Gasteiger partial charge in [-0.15, -0.1) is 0 Å². The van der Waals surface area contributed by atoms with Crippen molar-refractivity contribution in [3.63, 3.8) is 0 Å². The minimum atomic E-state index is 0.539. The van der Waals surface area contributed by atoms with Gasteiger partial charge in [0.1, 0.15) is 0 Å². The molecule has 18 heavy (non-hydrogen) atoms. The van der Waals surface area contributed by atoms with Crippen LogP contribution in [-0.4, -0.2) is 25.2 Å². The topological polar surface area (TPSA) is 24.1 Å². The monoisotopic (exact) mass is 310 g/mol. The van der Waals surface area contributed by atoms with E-state index in [0.29, 0.717) is 12.1 Å². The fourth-order valence-corrected chi connectivity index (χ4v) is 2.92. The van der Waals surface area contributed by atoms with E-state index in [-0.39, 0.29) is 0 Å². The molecule has 2 rings (SSSR count). The zero-order valence-electron chi connectivity index (χ0n) is 11.2. The molecule has 0 aromatic heterocycles. The van der Waals surface area contributed by atoms with E-state index in [1.807, 2.05) is 0 Å². The lowest BCUT2D eigenvalue weighted by atomic mass is 9.94. The van der Waals surface area contributed by atoms with Gasteiger partial charge in [0, 0.05) is 16.6 Å². The zero-order valence-corrected chi connectivity index (χ0v) is 12.8. The molecule has 1 aliphatic heterocycles. The predicted molar refractivity (Wildman–Crippen MR) is 80.9 cm³/mol. The van der Waals surface area contributed by atoms with Crippen LogP contribution in [0.1, 0.15) is 25.8 Å². The SMILES string of the molecule is CC(Cc1ccc(Br)cc1)NC1CCNCC1C. The molecule has 3 unspecified atom stereocenters. The molecule has 1 saturated heterocycles. The first kappa shape index (κ1) is 14.0. The number of hydrogen-bond donors (Lipinski definition) is 2. The molecule has 0 aliphatic carbocycles. The largest absolute Gasteiger partial charge is 0.316 e. The Balaban J connectivity index is 1.84. The van der Waals surface area contributed by atoms with Gasteiger partial charge in [-0.05, 0) is 56.5 Å². The first-order valence-corrected chi connectivity index (χ1v) is 7.65. The molecule has 0 spiro atoms. The fraction of sp³-hybridized carbons (Fsp3) is 0.600. The molecule has 2 N–H and O–H groups in total. The summed E-state index contributed by atoms with van der Waals surface area (Å²) in [6, 6.07) is 9.85. The lowest BCUT2D eigenvalue weighted by Crippen LogP contribution is -2.49. The van der Waals surface area contributed by atoms with Crippen molar-refractivity contribution in [1.29, 1.82) is 0 Å². The first-order valence-electron chi connectivity index (χ1n) is 6.86. The standard InChI is InChI=1S/C15H23BrN2/c1-11-10-17-8-7-15(11)18-12(2)9-13-3-5-14(16)6-4-13/h3-6,11-12,15,17-18H,7-10H2,1-2H3. The van der Waals surface area contributed by atoms with Gasteiger partial charge >= 0.3 is 0 Å². The van der Waals surface area contributed by atoms with E-state index in [1.165, 1.54) is 12.0 Å². The quantitative estimate of drug-likeness (QED) is 0.893. The Morgan fingerprint density at radius 2 is 2.11 bits per heavy atom. The summed E-state index contributed by atoms with van der Waals surface area (Å²) in [5.41, 5.74) is 1.40. The lowest BCUT2D eigenvalue weighted by molar-refractivity contribution is 0.276. The number of halogens is 1. The third kappa shape index (κ3) is 4.08. The molecular formula is C15H23BrN2. The first-order chi connectivity index (χ1) is 8.65. The summed E-state index contributed by atoms with van der Waals surface area (Å²) in [4.78, 5) is 0. The van der Waals surface area contributed by atoms with E-state index in [4.69, 9.17) is 0 Å². The van der Waals surface area contributed by atoms with Crippen LogP contribution in [0.25, 0.3) is 0 Å². The summed E-state index contributed by atoms with van der Waals surface area (Å²) in [5, 5.41) is 7.23. The summed E-state index contributed by atoms with van der Waals surface area (Å²) < 4.78 is 1.15. The van der Waals surface area contributed by atoms with E-state index in [2.05, 4.69) is 64.7 Å². The number of rotatable bonds is 4. The number of piperidine rings is 1. The molecule has 3 heteroatoms. The fourth-order valence-electron chi connectivity index (χ4n) is 2.66. The minimum Gasteiger partial charge on any atom is -0.316 e. The Morgan fingerprint density at radius 3 is 2.78 bits per heavy atom. The Hall–Kier alpha value is -0.380. The number of hydrogen-bond acceptors (Lipinski definition) is 2. The van der Waals surface area contributed by atoms with E-state index in [1.54, 1.807) is 0 Å². The molecule has 1 aliphatic rings. The molecular weight excluding hydrogens is 288 g/mol. The van der Waals surface area contributed by atoms with Crippen molar-refractivity contribution in [2.24, 2.45) is 5.92 Å². The van der Waals surface area contributed by atoms with Crippen LogP contribution in [0, 0.1) is 5.92 Å². The third-order valence-corrected chi connectivity index (χ3v) is 4.27. The molecule has 1 aromatic carbocycles. The van der Waals surface area contributed by atoms with Crippen LogP contribution in [0.4, 0.5) is 0 Å². The molecule has 0 amide bonds. The molecule has 100 valence electrons. The Labute approximate surface area is 119 Å². The smallest absolute Gasteiger partial charge is 0.0175 e.